The number of benzene rings is 2. The van der Waals surface area contributed by atoms with Crippen LogP contribution in [0.15, 0.2) is 54.9 Å². The first-order chi connectivity index (χ1) is 12.9. The van der Waals surface area contributed by atoms with Gasteiger partial charge in [-0.05, 0) is 30.3 Å². The molecule has 9 heteroatoms. The Hall–Kier alpha value is -2.54. The van der Waals surface area contributed by atoms with Crippen LogP contribution in [0.5, 0.6) is 0 Å². The first-order valence-electron chi connectivity index (χ1n) is 7.77. The maximum absolute atomic E-state index is 12.5. The molecule has 27 heavy (non-hydrogen) atoms. The quantitative estimate of drug-likeness (QED) is 0.553. The number of rotatable bonds is 4. The number of nitrogens with one attached hydrogen (secondary N) is 2. The maximum atomic E-state index is 12.5. The van der Waals surface area contributed by atoms with Crippen LogP contribution in [-0.4, -0.2) is 23.0 Å². The van der Waals surface area contributed by atoms with Crippen LogP contribution in [0.25, 0.3) is 0 Å². The third-order valence-corrected chi connectivity index (χ3v) is 4.46. The highest BCUT2D eigenvalue weighted by molar-refractivity contribution is 6.39. The first kappa shape index (κ1) is 19.2. The lowest BCUT2D eigenvalue weighted by Gasteiger charge is -2.18. The summed E-state index contributed by atoms with van der Waals surface area (Å²) < 4.78 is 0. The van der Waals surface area contributed by atoms with E-state index in [0.717, 1.165) is 5.69 Å². The summed E-state index contributed by atoms with van der Waals surface area (Å²) in [5.41, 5.74) is 1.10. The molecule has 0 spiro atoms. The van der Waals surface area contributed by atoms with Crippen molar-refractivity contribution in [1.82, 2.24) is 9.97 Å². The van der Waals surface area contributed by atoms with Crippen molar-refractivity contribution >= 4 is 63.8 Å². The van der Waals surface area contributed by atoms with Crippen molar-refractivity contribution in [3.63, 3.8) is 0 Å². The molecule has 3 rings (SSSR count). The van der Waals surface area contributed by atoms with E-state index in [2.05, 4.69) is 20.6 Å². The number of aromatic nitrogens is 2. The smallest absolute Gasteiger partial charge is 0.327 e. The van der Waals surface area contributed by atoms with Crippen molar-refractivity contribution in [1.29, 1.82) is 0 Å². The van der Waals surface area contributed by atoms with Gasteiger partial charge in [-0.15, -0.1) is 0 Å². The molecule has 1 heterocycles. The fraction of sp³-hybridized carbons (Fsp3) is 0.0556. The SMILES string of the molecule is CN(C(=O)Nc1c(Cl)cccc1Cl)c1cc(Nc2cccc(Cl)c2)ncn1. The summed E-state index contributed by atoms with van der Waals surface area (Å²) in [5.74, 6) is 0.896. The predicted molar refractivity (Wildman–Crippen MR) is 111 cm³/mol. The highest BCUT2D eigenvalue weighted by Crippen LogP contribution is 2.30. The molecule has 138 valence electrons. The van der Waals surface area contributed by atoms with E-state index in [1.54, 1.807) is 43.4 Å². The van der Waals surface area contributed by atoms with E-state index in [4.69, 9.17) is 34.8 Å². The van der Waals surface area contributed by atoms with E-state index in [0.29, 0.717) is 32.4 Å². The van der Waals surface area contributed by atoms with E-state index in [-0.39, 0.29) is 0 Å². The van der Waals surface area contributed by atoms with E-state index in [1.807, 2.05) is 12.1 Å². The van der Waals surface area contributed by atoms with Gasteiger partial charge in [0, 0.05) is 23.8 Å². The maximum Gasteiger partial charge on any atom is 0.327 e. The average molecular weight is 423 g/mol. The van der Waals surface area contributed by atoms with Crippen LogP contribution in [0, 0.1) is 0 Å². The lowest BCUT2D eigenvalue weighted by Crippen LogP contribution is -2.32. The van der Waals surface area contributed by atoms with Gasteiger partial charge in [0.05, 0.1) is 15.7 Å². The van der Waals surface area contributed by atoms with Crippen molar-refractivity contribution in [3.8, 4) is 0 Å². The van der Waals surface area contributed by atoms with Crippen LogP contribution in [0.3, 0.4) is 0 Å². The summed E-state index contributed by atoms with van der Waals surface area (Å²) in [6, 6.07) is 13.4. The number of anilines is 4. The Kier molecular flexibility index (Phi) is 6.01. The summed E-state index contributed by atoms with van der Waals surface area (Å²) in [4.78, 5) is 22.1. The summed E-state index contributed by atoms with van der Waals surface area (Å²) in [6.45, 7) is 0. The highest BCUT2D eigenvalue weighted by atomic mass is 35.5. The fourth-order valence-corrected chi connectivity index (χ4v) is 2.91. The van der Waals surface area contributed by atoms with Crippen LogP contribution in [-0.2, 0) is 0 Å². The van der Waals surface area contributed by atoms with Crippen molar-refractivity contribution in [3.05, 3.63) is 69.9 Å². The summed E-state index contributed by atoms with van der Waals surface area (Å²) >= 11 is 18.2. The normalized spacial score (nSPS) is 10.4. The molecule has 2 amide bonds. The molecule has 0 bridgehead atoms. The molecular weight excluding hydrogens is 409 g/mol. The third kappa shape index (κ3) is 4.80. The van der Waals surface area contributed by atoms with Crippen LogP contribution in [0.4, 0.5) is 27.8 Å². The van der Waals surface area contributed by atoms with Gasteiger partial charge in [-0.3, -0.25) is 4.90 Å². The van der Waals surface area contributed by atoms with E-state index < -0.39 is 6.03 Å². The lowest BCUT2D eigenvalue weighted by molar-refractivity contribution is 0.258. The Morgan fingerprint density at radius 3 is 2.41 bits per heavy atom. The summed E-state index contributed by atoms with van der Waals surface area (Å²) in [6.07, 6.45) is 1.36. The number of nitrogens with zero attached hydrogens (tertiary/aromatic N) is 3. The van der Waals surface area contributed by atoms with E-state index >= 15 is 0 Å². The summed E-state index contributed by atoms with van der Waals surface area (Å²) in [5, 5.41) is 7.07. The first-order valence-corrected chi connectivity index (χ1v) is 8.91. The highest BCUT2D eigenvalue weighted by Gasteiger charge is 2.16. The van der Waals surface area contributed by atoms with E-state index in [9.17, 15) is 4.79 Å². The zero-order valence-electron chi connectivity index (χ0n) is 14.1. The van der Waals surface area contributed by atoms with Crippen LogP contribution in [0.1, 0.15) is 0 Å². The minimum Gasteiger partial charge on any atom is -0.340 e. The largest absolute Gasteiger partial charge is 0.340 e. The molecule has 0 fully saturated rings. The zero-order chi connectivity index (χ0) is 19.4. The molecule has 2 N–H and O–H groups in total. The van der Waals surface area contributed by atoms with Crippen molar-refractivity contribution in [2.45, 2.75) is 0 Å². The van der Waals surface area contributed by atoms with Gasteiger partial charge in [-0.2, -0.15) is 0 Å². The number of amides is 2. The van der Waals surface area contributed by atoms with Crippen LogP contribution < -0.4 is 15.5 Å². The number of halogens is 3. The average Bonchev–Trinajstić information content (AvgIpc) is 2.64. The molecule has 0 aliphatic heterocycles. The van der Waals surface area contributed by atoms with Gasteiger partial charge in [0.2, 0.25) is 0 Å². The second-order valence-corrected chi connectivity index (χ2v) is 6.73. The standard InChI is InChI=1S/C18H14Cl3N5O/c1-26(18(27)25-17-13(20)6-3-7-14(17)21)16-9-15(22-10-23-16)24-12-5-2-4-11(19)8-12/h2-10H,1H3,(H,25,27)(H,22,23,24). The molecule has 0 saturated heterocycles. The van der Waals surface area contributed by atoms with Gasteiger partial charge in [0.15, 0.2) is 0 Å². The second kappa shape index (κ2) is 8.43. The minimum atomic E-state index is -0.447. The van der Waals surface area contributed by atoms with Gasteiger partial charge in [0.25, 0.3) is 0 Å². The molecule has 2 aromatic carbocycles. The predicted octanol–water partition coefficient (Wildman–Crippen LogP) is 5.85. The van der Waals surface area contributed by atoms with E-state index in [1.165, 1.54) is 11.2 Å². The molecule has 0 aliphatic carbocycles. The number of hydrogen-bond acceptors (Lipinski definition) is 4. The molecule has 3 aromatic rings. The Labute approximate surface area is 171 Å². The lowest BCUT2D eigenvalue weighted by atomic mass is 10.3. The fourth-order valence-electron chi connectivity index (χ4n) is 2.23. The van der Waals surface area contributed by atoms with Gasteiger partial charge < -0.3 is 10.6 Å². The molecule has 0 aliphatic rings. The number of para-hydroxylation sites is 1. The van der Waals surface area contributed by atoms with Crippen molar-refractivity contribution in [2.24, 2.45) is 0 Å². The Morgan fingerprint density at radius 1 is 1.00 bits per heavy atom. The van der Waals surface area contributed by atoms with Crippen molar-refractivity contribution < 1.29 is 4.79 Å². The minimum absolute atomic E-state index is 0.337. The molecule has 1 aromatic heterocycles. The van der Waals surface area contributed by atoms with Gasteiger partial charge in [0.1, 0.15) is 18.0 Å². The van der Waals surface area contributed by atoms with Crippen molar-refractivity contribution in [2.75, 3.05) is 22.6 Å². The molecule has 0 unspecified atom stereocenters. The van der Waals surface area contributed by atoms with Gasteiger partial charge in [-0.25, -0.2) is 14.8 Å². The van der Waals surface area contributed by atoms with Gasteiger partial charge >= 0.3 is 6.03 Å². The molecule has 0 atom stereocenters. The molecular formula is C18H14Cl3N5O. The number of urea groups is 1. The molecule has 0 saturated carbocycles. The number of carbonyl (C=O) groups excluding carboxylic acids is 1. The van der Waals surface area contributed by atoms with Crippen LogP contribution in [0.2, 0.25) is 15.1 Å². The van der Waals surface area contributed by atoms with Gasteiger partial charge in [-0.1, -0.05) is 46.9 Å². The summed E-state index contributed by atoms with van der Waals surface area (Å²) in [7, 11) is 1.57. The third-order valence-electron chi connectivity index (χ3n) is 3.59. The number of hydrogen-bond donors (Lipinski definition) is 2. The Morgan fingerprint density at radius 2 is 1.70 bits per heavy atom. The topological polar surface area (TPSA) is 70.2 Å². The second-order valence-electron chi connectivity index (χ2n) is 5.48. The molecule has 6 nitrogen and oxygen atoms in total. The Bertz CT molecular complexity index is 962. The number of carbonyl (C=O) groups is 1. The van der Waals surface area contributed by atoms with Crippen LogP contribution >= 0.6 is 34.8 Å². The molecule has 0 radical (unpaired) electrons. The Balaban J connectivity index is 1.76. The monoisotopic (exact) mass is 421 g/mol. The zero-order valence-corrected chi connectivity index (χ0v) is 16.3.